The van der Waals surface area contributed by atoms with E-state index in [1.54, 1.807) is 6.07 Å². The molecule has 6 heteroatoms. The van der Waals surface area contributed by atoms with Crippen LogP contribution >= 0.6 is 27.5 Å². The zero-order valence-electron chi connectivity index (χ0n) is 11.6. The van der Waals surface area contributed by atoms with E-state index in [2.05, 4.69) is 27.3 Å². The zero-order chi connectivity index (χ0) is 15.6. The molecule has 0 saturated heterocycles. The number of rotatable bonds is 4. The molecule has 110 valence electrons. The van der Waals surface area contributed by atoms with Crippen molar-refractivity contribution in [2.45, 2.75) is 20.4 Å². The molecule has 0 fully saturated rings. The van der Waals surface area contributed by atoms with Gasteiger partial charge in [-0.1, -0.05) is 17.7 Å². The van der Waals surface area contributed by atoms with Crippen LogP contribution in [0.1, 0.15) is 16.7 Å². The van der Waals surface area contributed by atoms with Crippen molar-refractivity contribution in [1.82, 2.24) is 0 Å². The molecule has 0 unspecified atom stereocenters. The van der Waals surface area contributed by atoms with Gasteiger partial charge in [0.25, 0.3) is 5.69 Å². The number of non-ortho nitro benzene ring substituents is 1. The summed E-state index contributed by atoms with van der Waals surface area (Å²) < 4.78 is 0.984. The first-order valence-electron chi connectivity index (χ1n) is 6.32. The van der Waals surface area contributed by atoms with Crippen LogP contribution in [0.15, 0.2) is 34.8 Å². The van der Waals surface area contributed by atoms with Crippen molar-refractivity contribution in [2.24, 2.45) is 0 Å². The SMILES string of the molecule is Cc1cc(C)c(NCc2ccc([N+](=O)[O-])cc2Cl)c(Br)c1. The van der Waals surface area contributed by atoms with Gasteiger partial charge in [-0.2, -0.15) is 0 Å². The van der Waals surface area contributed by atoms with E-state index in [-0.39, 0.29) is 5.69 Å². The van der Waals surface area contributed by atoms with Crippen LogP contribution in [0.25, 0.3) is 0 Å². The Balaban J connectivity index is 2.19. The van der Waals surface area contributed by atoms with E-state index in [4.69, 9.17) is 11.6 Å². The van der Waals surface area contributed by atoms with Gasteiger partial charge < -0.3 is 5.32 Å². The molecule has 2 aromatic carbocycles. The fourth-order valence-corrected chi connectivity index (χ4v) is 3.17. The van der Waals surface area contributed by atoms with E-state index in [9.17, 15) is 10.1 Å². The Hall–Kier alpha value is -1.59. The summed E-state index contributed by atoms with van der Waals surface area (Å²) in [6, 6.07) is 8.62. The van der Waals surface area contributed by atoms with E-state index in [0.717, 1.165) is 21.3 Å². The summed E-state index contributed by atoms with van der Waals surface area (Å²) in [6.45, 7) is 4.56. The highest BCUT2D eigenvalue weighted by Gasteiger charge is 2.10. The minimum absolute atomic E-state index is 0.00329. The summed E-state index contributed by atoms with van der Waals surface area (Å²) >= 11 is 9.62. The van der Waals surface area contributed by atoms with E-state index in [0.29, 0.717) is 11.6 Å². The predicted octanol–water partition coefficient (Wildman–Crippen LogP) is 5.24. The topological polar surface area (TPSA) is 55.2 Å². The van der Waals surface area contributed by atoms with Gasteiger partial charge in [-0.3, -0.25) is 10.1 Å². The Morgan fingerprint density at radius 3 is 2.57 bits per heavy atom. The minimum atomic E-state index is -0.455. The number of halogens is 2. The number of nitrogens with zero attached hydrogens (tertiary/aromatic N) is 1. The second-order valence-corrected chi connectivity index (χ2v) is 6.09. The summed E-state index contributed by atoms with van der Waals surface area (Å²) in [4.78, 5) is 10.2. The molecule has 0 aliphatic rings. The summed E-state index contributed by atoms with van der Waals surface area (Å²) in [6.07, 6.45) is 0. The molecule has 0 aliphatic heterocycles. The first-order valence-corrected chi connectivity index (χ1v) is 7.49. The zero-order valence-corrected chi connectivity index (χ0v) is 14.0. The smallest absolute Gasteiger partial charge is 0.270 e. The van der Waals surface area contributed by atoms with Gasteiger partial charge in [-0.05, 0) is 58.6 Å². The van der Waals surface area contributed by atoms with Crippen LogP contribution in [0.5, 0.6) is 0 Å². The minimum Gasteiger partial charge on any atom is -0.380 e. The van der Waals surface area contributed by atoms with Crippen molar-refractivity contribution in [2.75, 3.05) is 5.32 Å². The monoisotopic (exact) mass is 368 g/mol. The third-order valence-corrected chi connectivity index (χ3v) is 4.11. The number of nitro benzene ring substituents is 1. The quantitative estimate of drug-likeness (QED) is 0.592. The van der Waals surface area contributed by atoms with E-state index >= 15 is 0 Å². The van der Waals surface area contributed by atoms with Crippen LogP contribution in [0, 0.1) is 24.0 Å². The average molecular weight is 370 g/mol. The van der Waals surface area contributed by atoms with Gasteiger partial charge in [0.15, 0.2) is 0 Å². The lowest BCUT2D eigenvalue weighted by Gasteiger charge is -2.13. The van der Waals surface area contributed by atoms with Crippen LogP contribution in [-0.2, 0) is 6.54 Å². The predicted molar refractivity (Wildman–Crippen MR) is 89.0 cm³/mol. The third-order valence-electron chi connectivity index (χ3n) is 3.13. The highest BCUT2D eigenvalue weighted by molar-refractivity contribution is 9.10. The standard InChI is InChI=1S/C15H14BrClN2O2/c1-9-5-10(2)15(13(16)6-9)18-8-11-3-4-12(19(20)21)7-14(11)17/h3-7,18H,8H2,1-2H3. The molecule has 0 radical (unpaired) electrons. The van der Waals surface area contributed by atoms with Crippen LogP contribution < -0.4 is 5.32 Å². The molecular weight excluding hydrogens is 356 g/mol. The normalized spacial score (nSPS) is 10.5. The Kier molecular flexibility index (Phi) is 4.85. The first kappa shape index (κ1) is 15.8. The number of hydrogen-bond donors (Lipinski definition) is 1. The number of nitro groups is 1. The molecule has 0 spiro atoms. The molecule has 0 saturated carbocycles. The molecule has 0 heterocycles. The molecular formula is C15H14BrClN2O2. The maximum absolute atomic E-state index is 10.7. The van der Waals surface area contributed by atoms with Crippen molar-refractivity contribution in [3.63, 3.8) is 0 Å². The van der Waals surface area contributed by atoms with Crippen LogP contribution in [0.4, 0.5) is 11.4 Å². The lowest BCUT2D eigenvalue weighted by Crippen LogP contribution is -2.03. The summed E-state index contributed by atoms with van der Waals surface area (Å²) in [7, 11) is 0. The number of anilines is 1. The molecule has 1 N–H and O–H groups in total. The van der Waals surface area contributed by atoms with Gasteiger partial charge in [0.1, 0.15) is 0 Å². The van der Waals surface area contributed by atoms with Crippen molar-refractivity contribution in [3.8, 4) is 0 Å². The molecule has 2 rings (SSSR count). The van der Waals surface area contributed by atoms with Gasteiger partial charge in [-0.25, -0.2) is 0 Å². The Morgan fingerprint density at radius 1 is 1.29 bits per heavy atom. The molecule has 21 heavy (non-hydrogen) atoms. The fraction of sp³-hybridized carbons (Fsp3) is 0.200. The average Bonchev–Trinajstić information content (AvgIpc) is 2.38. The first-order chi connectivity index (χ1) is 9.88. The third kappa shape index (κ3) is 3.74. The molecule has 0 amide bonds. The molecule has 0 atom stereocenters. The molecule has 4 nitrogen and oxygen atoms in total. The molecule has 0 aliphatic carbocycles. The van der Waals surface area contributed by atoms with Crippen molar-refractivity contribution in [3.05, 3.63) is 66.6 Å². The van der Waals surface area contributed by atoms with E-state index in [1.807, 2.05) is 19.9 Å². The summed E-state index contributed by atoms with van der Waals surface area (Å²) in [5.74, 6) is 0. The molecule has 0 bridgehead atoms. The van der Waals surface area contributed by atoms with Crippen molar-refractivity contribution < 1.29 is 4.92 Å². The van der Waals surface area contributed by atoms with Crippen LogP contribution in [-0.4, -0.2) is 4.92 Å². The van der Waals surface area contributed by atoms with E-state index < -0.39 is 4.92 Å². The number of aryl methyl sites for hydroxylation is 2. The van der Waals surface area contributed by atoms with Crippen LogP contribution in [0.2, 0.25) is 5.02 Å². The second-order valence-electron chi connectivity index (χ2n) is 4.83. The highest BCUT2D eigenvalue weighted by Crippen LogP contribution is 2.29. The Labute approximate surface area is 136 Å². The van der Waals surface area contributed by atoms with Crippen molar-refractivity contribution in [1.29, 1.82) is 0 Å². The number of benzene rings is 2. The van der Waals surface area contributed by atoms with Gasteiger partial charge in [0.05, 0.1) is 15.6 Å². The van der Waals surface area contributed by atoms with E-state index in [1.165, 1.54) is 17.7 Å². The second kappa shape index (κ2) is 6.45. The summed E-state index contributed by atoms with van der Waals surface area (Å²) in [5.41, 5.74) is 4.11. The largest absolute Gasteiger partial charge is 0.380 e. The maximum atomic E-state index is 10.7. The highest BCUT2D eigenvalue weighted by atomic mass is 79.9. The molecule has 2 aromatic rings. The number of hydrogen-bond acceptors (Lipinski definition) is 3. The lowest BCUT2D eigenvalue weighted by molar-refractivity contribution is -0.384. The van der Waals surface area contributed by atoms with Gasteiger partial charge in [-0.15, -0.1) is 0 Å². The van der Waals surface area contributed by atoms with Crippen molar-refractivity contribution >= 4 is 38.9 Å². The Morgan fingerprint density at radius 2 is 2.00 bits per heavy atom. The van der Waals surface area contributed by atoms with Gasteiger partial charge >= 0.3 is 0 Å². The molecule has 0 aromatic heterocycles. The fourth-order valence-electron chi connectivity index (χ4n) is 2.12. The maximum Gasteiger partial charge on any atom is 0.270 e. The summed E-state index contributed by atoms with van der Waals surface area (Å²) in [5, 5.41) is 14.4. The Bertz CT molecular complexity index is 681. The van der Waals surface area contributed by atoms with Gasteiger partial charge in [0.2, 0.25) is 0 Å². The van der Waals surface area contributed by atoms with Gasteiger partial charge in [0, 0.05) is 23.2 Å². The lowest BCUT2D eigenvalue weighted by atomic mass is 10.1. The number of nitrogens with one attached hydrogen (secondary N) is 1. The van der Waals surface area contributed by atoms with Crippen LogP contribution in [0.3, 0.4) is 0 Å².